The molecule has 0 aliphatic carbocycles. The van der Waals surface area contributed by atoms with Crippen LogP contribution in [0.3, 0.4) is 0 Å². The summed E-state index contributed by atoms with van der Waals surface area (Å²) in [6, 6.07) is 23.8. The van der Waals surface area contributed by atoms with Gasteiger partial charge in [-0.05, 0) is 36.4 Å². The zero-order chi connectivity index (χ0) is 21.8. The predicted molar refractivity (Wildman–Crippen MR) is 121 cm³/mol. The SMILES string of the molecule is O=S(=O)(NC1=C(c2ccccc2)ON(c2ccc(Cl)cc2)C1CCO)c1ccccc1. The molecule has 0 saturated carbocycles. The van der Waals surface area contributed by atoms with E-state index in [9.17, 15) is 13.5 Å². The van der Waals surface area contributed by atoms with E-state index in [0.717, 1.165) is 0 Å². The second-order valence-corrected chi connectivity index (χ2v) is 9.07. The summed E-state index contributed by atoms with van der Waals surface area (Å²) in [5.41, 5.74) is 1.76. The van der Waals surface area contributed by atoms with Crippen LogP contribution in [0.2, 0.25) is 5.02 Å². The lowest BCUT2D eigenvalue weighted by molar-refractivity contribution is 0.216. The van der Waals surface area contributed by atoms with Crippen molar-refractivity contribution in [2.75, 3.05) is 11.7 Å². The second kappa shape index (κ2) is 9.01. The van der Waals surface area contributed by atoms with Crippen LogP contribution in [0.25, 0.3) is 5.76 Å². The van der Waals surface area contributed by atoms with Gasteiger partial charge in [-0.15, -0.1) is 0 Å². The Balaban J connectivity index is 1.80. The Kier molecular flexibility index (Phi) is 6.18. The number of aliphatic hydroxyl groups excluding tert-OH is 1. The number of aliphatic hydroxyl groups is 1. The van der Waals surface area contributed by atoms with Crippen molar-refractivity contribution in [2.24, 2.45) is 0 Å². The van der Waals surface area contributed by atoms with Crippen molar-refractivity contribution < 1.29 is 18.4 Å². The quantitative estimate of drug-likeness (QED) is 0.557. The molecule has 2 N–H and O–H groups in total. The van der Waals surface area contributed by atoms with Gasteiger partial charge in [0.25, 0.3) is 10.0 Å². The third-order valence-electron chi connectivity index (χ3n) is 4.87. The number of sulfonamides is 1. The van der Waals surface area contributed by atoms with Crippen LogP contribution in [0.15, 0.2) is 95.5 Å². The number of hydroxylamine groups is 1. The summed E-state index contributed by atoms with van der Waals surface area (Å²) in [6.45, 7) is -0.156. The molecule has 1 aliphatic rings. The summed E-state index contributed by atoms with van der Waals surface area (Å²) in [5, 5.41) is 11.9. The van der Waals surface area contributed by atoms with Crippen LogP contribution in [0.5, 0.6) is 0 Å². The average Bonchev–Trinajstić information content (AvgIpc) is 3.13. The third kappa shape index (κ3) is 4.54. The Labute approximate surface area is 186 Å². The van der Waals surface area contributed by atoms with E-state index in [0.29, 0.717) is 27.7 Å². The van der Waals surface area contributed by atoms with Crippen molar-refractivity contribution in [1.29, 1.82) is 0 Å². The third-order valence-corrected chi connectivity index (χ3v) is 6.50. The summed E-state index contributed by atoms with van der Waals surface area (Å²) in [6.07, 6.45) is 0.256. The monoisotopic (exact) mass is 456 g/mol. The van der Waals surface area contributed by atoms with Gasteiger partial charge in [-0.2, -0.15) is 0 Å². The number of rotatable bonds is 7. The maximum atomic E-state index is 13.1. The van der Waals surface area contributed by atoms with E-state index in [-0.39, 0.29) is 17.9 Å². The molecular formula is C23H21ClN2O4S. The lowest BCUT2D eigenvalue weighted by Gasteiger charge is -2.26. The number of benzene rings is 3. The van der Waals surface area contributed by atoms with Crippen molar-refractivity contribution in [2.45, 2.75) is 17.4 Å². The van der Waals surface area contributed by atoms with Crippen LogP contribution < -0.4 is 9.79 Å². The standard InChI is InChI=1S/C23H21ClN2O4S/c24-18-11-13-19(14-12-18)26-21(15-16-27)22(23(30-26)17-7-3-1-4-8-17)25-31(28,29)20-9-5-2-6-10-20/h1-14,21,25,27H,15-16H2. The largest absolute Gasteiger partial charge is 0.396 e. The topological polar surface area (TPSA) is 78.9 Å². The highest BCUT2D eigenvalue weighted by Gasteiger charge is 2.38. The minimum Gasteiger partial charge on any atom is -0.396 e. The molecule has 31 heavy (non-hydrogen) atoms. The lowest BCUT2D eigenvalue weighted by Crippen LogP contribution is -2.37. The first-order valence-corrected chi connectivity index (χ1v) is 11.6. The molecule has 0 spiro atoms. The summed E-state index contributed by atoms with van der Waals surface area (Å²) in [4.78, 5) is 6.31. The van der Waals surface area contributed by atoms with Gasteiger partial charge in [-0.1, -0.05) is 60.1 Å². The number of halogens is 1. The van der Waals surface area contributed by atoms with E-state index in [1.807, 2.05) is 30.3 Å². The molecule has 6 nitrogen and oxygen atoms in total. The van der Waals surface area contributed by atoms with Crippen LogP contribution in [-0.4, -0.2) is 26.2 Å². The van der Waals surface area contributed by atoms with Crippen LogP contribution in [0.1, 0.15) is 12.0 Å². The Morgan fingerprint density at radius 2 is 1.55 bits per heavy atom. The molecule has 1 unspecified atom stereocenters. The van der Waals surface area contributed by atoms with Crippen LogP contribution >= 0.6 is 11.6 Å². The second-order valence-electron chi connectivity index (χ2n) is 6.95. The molecule has 1 heterocycles. The Hall–Kier alpha value is -3.00. The zero-order valence-corrected chi connectivity index (χ0v) is 18.1. The summed E-state index contributed by atoms with van der Waals surface area (Å²) >= 11 is 6.02. The molecule has 1 aliphatic heterocycles. The fourth-order valence-electron chi connectivity index (χ4n) is 3.40. The highest BCUT2D eigenvalue weighted by molar-refractivity contribution is 7.89. The normalized spacial score (nSPS) is 16.3. The van der Waals surface area contributed by atoms with Gasteiger partial charge in [0, 0.05) is 23.6 Å². The predicted octanol–water partition coefficient (Wildman–Crippen LogP) is 4.19. The first-order chi connectivity index (χ1) is 15.0. The molecule has 0 saturated heterocycles. The minimum absolute atomic E-state index is 0.141. The molecule has 8 heteroatoms. The zero-order valence-electron chi connectivity index (χ0n) is 16.5. The highest BCUT2D eigenvalue weighted by Crippen LogP contribution is 2.37. The van der Waals surface area contributed by atoms with Gasteiger partial charge >= 0.3 is 0 Å². The van der Waals surface area contributed by atoms with E-state index >= 15 is 0 Å². The summed E-state index contributed by atoms with van der Waals surface area (Å²) in [5.74, 6) is 0.383. The first-order valence-electron chi connectivity index (χ1n) is 9.70. The van der Waals surface area contributed by atoms with Gasteiger partial charge in [0.05, 0.1) is 16.3 Å². The van der Waals surface area contributed by atoms with Crippen molar-refractivity contribution in [1.82, 2.24) is 4.72 Å². The smallest absolute Gasteiger partial charge is 0.261 e. The molecule has 0 fully saturated rings. The van der Waals surface area contributed by atoms with Gasteiger partial charge in [0.15, 0.2) is 5.76 Å². The van der Waals surface area contributed by atoms with Crippen molar-refractivity contribution in [3.63, 3.8) is 0 Å². The molecule has 0 amide bonds. The molecule has 4 rings (SSSR count). The van der Waals surface area contributed by atoms with Crippen molar-refractivity contribution in [3.8, 4) is 0 Å². The first kappa shape index (κ1) is 21.2. The van der Waals surface area contributed by atoms with E-state index in [1.165, 1.54) is 12.1 Å². The average molecular weight is 457 g/mol. The molecule has 0 bridgehead atoms. The van der Waals surface area contributed by atoms with Crippen LogP contribution in [0.4, 0.5) is 5.69 Å². The van der Waals surface area contributed by atoms with Gasteiger partial charge in [-0.25, -0.2) is 13.5 Å². The fourth-order valence-corrected chi connectivity index (χ4v) is 4.68. The Bertz CT molecular complexity index is 1170. The summed E-state index contributed by atoms with van der Waals surface area (Å²) in [7, 11) is -3.87. The van der Waals surface area contributed by atoms with Crippen LogP contribution in [0, 0.1) is 0 Å². The van der Waals surface area contributed by atoms with Crippen molar-refractivity contribution >= 4 is 33.1 Å². The van der Waals surface area contributed by atoms with Gasteiger partial charge < -0.3 is 9.94 Å². The van der Waals surface area contributed by atoms with Gasteiger partial charge in [0.2, 0.25) is 0 Å². The van der Waals surface area contributed by atoms with Gasteiger partial charge in [0.1, 0.15) is 6.04 Å². The molecule has 3 aromatic rings. The van der Waals surface area contributed by atoms with E-state index in [2.05, 4.69) is 4.72 Å². The van der Waals surface area contributed by atoms with Crippen molar-refractivity contribution in [3.05, 3.63) is 101 Å². The number of nitrogens with zero attached hydrogens (tertiary/aromatic N) is 1. The molecule has 3 aromatic carbocycles. The molecule has 0 radical (unpaired) electrons. The number of anilines is 1. The molecule has 0 aromatic heterocycles. The van der Waals surface area contributed by atoms with E-state index in [4.69, 9.17) is 16.4 Å². The Morgan fingerprint density at radius 3 is 2.16 bits per heavy atom. The van der Waals surface area contributed by atoms with E-state index in [1.54, 1.807) is 47.5 Å². The van der Waals surface area contributed by atoms with Crippen LogP contribution in [-0.2, 0) is 14.9 Å². The van der Waals surface area contributed by atoms with E-state index < -0.39 is 16.1 Å². The fraction of sp³-hybridized carbons (Fsp3) is 0.130. The maximum absolute atomic E-state index is 13.1. The highest BCUT2D eigenvalue weighted by atomic mass is 35.5. The number of nitrogens with one attached hydrogen (secondary N) is 1. The maximum Gasteiger partial charge on any atom is 0.261 e. The van der Waals surface area contributed by atoms with Gasteiger partial charge in [-0.3, -0.25) is 4.72 Å². The lowest BCUT2D eigenvalue weighted by atomic mass is 10.1. The Morgan fingerprint density at radius 1 is 0.935 bits per heavy atom. The minimum atomic E-state index is -3.87. The molecular weight excluding hydrogens is 436 g/mol. The number of hydrogen-bond acceptors (Lipinski definition) is 5. The summed E-state index contributed by atoms with van der Waals surface area (Å²) < 4.78 is 28.9. The number of hydrogen-bond donors (Lipinski definition) is 2. The molecule has 1 atom stereocenters. The molecule has 160 valence electrons.